The molecule has 2 heteroatoms. The lowest BCUT2D eigenvalue weighted by Crippen LogP contribution is -2.11. The van der Waals surface area contributed by atoms with Gasteiger partial charge < -0.3 is 9.32 Å². The van der Waals surface area contributed by atoms with Crippen LogP contribution in [0.1, 0.15) is 0 Å². The van der Waals surface area contributed by atoms with Gasteiger partial charge in [-0.25, -0.2) is 0 Å². The van der Waals surface area contributed by atoms with Crippen LogP contribution in [0.25, 0.3) is 87.3 Å². The van der Waals surface area contributed by atoms with Gasteiger partial charge >= 0.3 is 0 Å². The van der Waals surface area contributed by atoms with Crippen molar-refractivity contribution >= 4 is 82.1 Å². The third kappa shape index (κ3) is 4.74. The Kier molecular flexibility index (Phi) is 6.90. The smallest absolute Gasteiger partial charge is 0.136 e. The first-order valence-electron chi connectivity index (χ1n) is 18.5. The molecule has 0 atom stereocenters. The molecule has 0 aliphatic heterocycles. The van der Waals surface area contributed by atoms with Gasteiger partial charge in [-0.3, -0.25) is 0 Å². The van der Waals surface area contributed by atoms with Crippen molar-refractivity contribution in [1.82, 2.24) is 0 Å². The number of nitrogens with zero attached hydrogens (tertiary/aromatic N) is 1. The van der Waals surface area contributed by atoms with Crippen LogP contribution in [0.4, 0.5) is 17.1 Å². The van der Waals surface area contributed by atoms with Crippen LogP contribution in [-0.4, -0.2) is 0 Å². The SMILES string of the molecule is c1ccc(-c2cccc(N(c3ccc4ccccc4c3)c3ccccc3-c3cccc4c5ccc6oc7ccccc7c6c5c5ccccc5c34)c2)cc1. The normalized spacial score (nSPS) is 11.7. The van der Waals surface area contributed by atoms with Crippen molar-refractivity contribution in [2.75, 3.05) is 4.90 Å². The van der Waals surface area contributed by atoms with E-state index in [0.717, 1.165) is 33.6 Å². The Balaban J connectivity index is 1.21. The molecule has 54 heavy (non-hydrogen) atoms. The van der Waals surface area contributed by atoms with Gasteiger partial charge in [-0.1, -0.05) is 152 Å². The summed E-state index contributed by atoms with van der Waals surface area (Å²) >= 11 is 0. The Hall–Kier alpha value is -7.16. The number of furan rings is 1. The van der Waals surface area contributed by atoms with Gasteiger partial charge in [0.15, 0.2) is 0 Å². The molecule has 11 aromatic rings. The minimum atomic E-state index is 0.914. The molecule has 2 nitrogen and oxygen atoms in total. The summed E-state index contributed by atoms with van der Waals surface area (Å²) in [4.78, 5) is 2.43. The van der Waals surface area contributed by atoms with E-state index < -0.39 is 0 Å². The fourth-order valence-corrected chi connectivity index (χ4v) is 8.63. The maximum atomic E-state index is 6.40. The summed E-state index contributed by atoms with van der Waals surface area (Å²) in [6, 6.07) is 72.3. The fourth-order valence-electron chi connectivity index (χ4n) is 8.63. The van der Waals surface area contributed by atoms with Crippen molar-refractivity contribution < 1.29 is 4.42 Å². The van der Waals surface area contributed by atoms with E-state index >= 15 is 0 Å². The van der Waals surface area contributed by atoms with Crippen LogP contribution in [0.2, 0.25) is 0 Å². The summed E-state index contributed by atoms with van der Waals surface area (Å²) in [5.74, 6) is 0. The van der Waals surface area contributed by atoms with E-state index in [-0.39, 0.29) is 0 Å². The first-order valence-corrected chi connectivity index (χ1v) is 18.5. The van der Waals surface area contributed by atoms with Crippen LogP contribution in [0, 0.1) is 0 Å². The number of para-hydroxylation sites is 2. The van der Waals surface area contributed by atoms with Crippen LogP contribution >= 0.6 is 0 Å². The Morgan fingerprint density at radius 2 is 0.926 bits per heavy atom. The van der Waals surface area contributed by atoms with Crippen molar-refractivity contribution in [2.24, 2.45) is 0 Å². The second-order valence-corrected chi connectivity index (χ2v) is 14.0. The molecule has 0 saturated heterocycles. The van der Waals surface area contributed by atoms with Gasteiger partial charge in [-0.05, 0) is 103 Å². The molecular formula is C52H33NO. The Bertz CT molecular complexity index is 3200. The maximum Gasteiger partial charge on any atom is 0.136 e. The highest BCUT2D eigenvalue weighted by Crippen LogP contribution is 2.48. The highest BCUT2D eigenvalue weighted by Gasteiger charge is 2.22. The first-order chi connectivity index (χ1) is 26.8. The Morgan fingerprint density at radius 3 is 1.80 bits per heavy atom. The minimum Gasteiger partial charge on any atom is -0.456 e. The second kappa shape index (κ2) is 12.2. The van der Waals surface area contributed by atoms with Crippen molar-refractivity contribution in [3.63, 3.8) is 0 Å². The third-order valence-electron chi connectivity index (χ3n) is 11.0. The molecule has 0 fully saturated rings. The Labute approximate surface area is 312 Å². The summed E-state index contributed by atoms with van der Waals surface area (Å²) < 4.78 is 6.40. The molecule has 0 spiro atoms. The molecule has 252 valence electrons. The Morgan fingerprint density at radius 1 is 0.315 bits per heavy atom. The molecule has 0 aliphatic rings. The average Bonchev–Trinajstić information content (AvgIpc) is 3.63. The van der Waals surface area contributed by atoms with Crippen molar-refractivity contribution in [3.05, 3.63) is 200 Å². The molecule has 11 rings (SSSR count). The zero-order valence-electron chi connectivity index (χ0n) is 29.4. The molecule has 1 heterocycles. The van der Waals surface area contributed by atoms with Gasteiger partial charge in [0.25, 0.3) is 0 Å². The van der Waals surface area contributed by atoms with E-state index in [1.54, 1.807) is 0 Å². The molecule has 0 radical (unpaired) electrons. The lowest BCUT2D eigenvalue weighted by Gasteiger charge is -2.29. The van der Waals surface area contributed by atoms with Crippen molar-refractivity contribution in [1.29, 1.82) is 0 Å². The fraction of sp³-hybridized carbons (Fsp3) is 0. The lowest BCUT2D eigenvalue weighted by atomic mass is 9.87. The maximum absolute atomic E-state index is 6.40. The third-order valence-corrected chi connectivity index (χ3v) is 11.0. The molecule has 0 unspecified atom stereocenters. The van der Waals surface area contributed by atoms with Crippen LogP contribution in [0.3, 0.4) is 0 Å². The molecule has 0 aliphatic carbocycles. The van der Waals surface area contributed by atoms with E-state index in [1.165, 1.54) is 70.7 Å². The highest BCUT2D eigenvalue weighted by molar-refractivity contribution is 6.36. The summed E-state index contributed by atoms with van der Waals surface area (Å²) in [5, 5.41) is 12.1. The molecule has 0 N–H and O–H groups in total. The zero-order chi connectivity index (χ0) is 35.6. The van der Waals surface area contributed by atoms with E-state index in [4.69, 9.17) is 4.42 Å². The number of anilines is 3. The van der Waals surface area contributed by atoms with E-state index in [9.17, 15) is 0 Å². The van der Waals surface area contributed by atoms with Crippen LogP contribution < -0.4 is 4.90 Å². The van der Waals surface area contributed by atoms with Crippen LogP contribution in [-0.2, 0) is 0 Å². The summed E-state index contributed by atoms with van der Waals surface area (Å²) in [6.45, 7) is 0. The molecule has 1 aromatic heterocycles. The van der Waals surface area contributed by atoms with Crippen molar-refractivity contribution in [3.8, 4) is 22.3 Å². The standard InChI is InChI=1S/C52H33NO/c1-2-14-34(15-3-1)37-18-12-19-38(32-37)53(39-29-28-35-16-4-5-17-36(35)33-39)47-26-10-8-20-40(47)41-24-13-25-43-45-30-31-49-52(46-23-9-11-27-48(46)54-49)51(45)44-22-7-6-21-42(44)50(41)43/h1-33H. The number of hydrogen-bond donors (Lipinski definition) is 0. The molecule has 0 bridgehead atoms. The van der Waals surface area contributed by atoms with E-state index in [2.05, 4.69) is 199 Å². The van der Waals surface area contributed by atoms with Gasteiger partial charge in [0.1, 0.15) is 11.2 Å². The molecule has 10 aromatic carbocycles. The molecule has 0 amide bonds. The summed E-state index contributed by atoms with van der Waals surface area (Å²) in [7, 11) is 0. The number of hydrogen-bond acceptors (Lipinski definition) is 2. The quantitative estimate of drug-likeness (QED) is 0.168. The summed E-state index contributed by atoms with van der Waals surface area (Å²) in [5.41, 5.74) is 9.89. The summed E-state index contributed by atoms with van der Waals surface area (Å²) in [6.07, 6.45) is 0. The minimum absolute atomic E-state index is 0.914. The predicted molar refractivity (Wildman–Crippen MR) is 229 cm³/mol. The monoisotopic (exact) mass is 687 g/mol. The van der Waals surface area contributed by atoms with Crippen LogP contribution in [0.5, 0.6) is 0 Å². The molecule has 0 saturated carbocycles. The average molecular weight is 688 g/mol. The first kappa shape index (κ1) is 30.5. The van der Waals surface area contributed by atoms with Crippen molar-refractivity contribution in [2.45, 2.75) is 0 Å². The van der Waals surface area contributed by atoms with Gasteiger partial charge in [0.05, 0.1) is 5.69 Å². The van der Waals surface area contributed by atoms with E-state index in [1.807, 2.05) is 6.07 Å². The second-order valence-electron chi connectivity index (χ2n) is 14.0. The predicted octanol–water partition coefficient (Wildman–Crippen LogP) is 15.0. The zero-order valence-corrected chi connectivity index (χ0v) is 29.4. The van der Waals surface area contributed by atoms with Crippen LogP contribution in [0.15, 0.2) is 205 Å². The number of benzene rings is 10. The number of rotatable bonds is 5. The van der Waals surface area contributed by atoms with Gasteiger partial charge in [0.2, 0.25) is 0 Å². The molecular weight excluding hydrogens is 655 g/mol. The van der Waals surface area contributed by atoms with Gasteiger partial charge in [-0.15, -0.1) is 0 Å². The lowest BCUT2D eigenvalue weighted by molar-refractivity contribution is 0.669. The topological polar surface area (TPSA) is 16.4 Å². The van der Waals surface area contributed by atoms with Gasteiger partial charge in [-0.2, -0.15) is 0 Å². The van der Waals surface area contributed by atoms with Gasteiger partial charge in [0, 0.05) is 33.1 Å². The largest absolute Gasteiger partial charge is 0.456 e. The van der Waals surface area contributed by atoms with E-state index in [0.29, 0.717) is 0 Å². The highest BCUT2D eigenvalue weighted by atomic mass is 16.3. The number of fused-ring (bicyclic) bond motifs is 11.